The van der Waals surface area contributed by atoms with E-state index >= 15 is 0 Å². The van der Waals surface area contributed by atoms with Crippen molar-refractivity contribution >= 4 is 37.6 Å². The second-order valence-electron chi connectivity index (χ2n) is 8.57. The van der Waals surface area contributed by atoms with Gasteiger partial charge in [0.25, 0.3) is 10.0 Å². The van der Waals surface area contributed by atoms with Gasteiger partial charge in [-0.3, -0.25) is 0 Å². The van der Waals surface area contributed by atoms with E-state index in [-0.39, 0.29) is 4.90 Å². The van der Waals surface area contributed by atoms with Crippen LogP contribution in [-0.4, -0.2) is 29.0 Å². The van der Waals surface area contributed by atoms with Crippen molar-refractivity contribution in [1.29, 1.82) is 0 Å². The third-order valence-electron chi connectivity index (χ3n) is 6.37. The molecule has 0 bridgehead atoms. The number of nitrogens with zero attached hydrogens (tertiary/aromatic N) is 3. The smallest absolute Gasteiger partial charge is 0.269 e. The maximum absolute atomic E-state index is 14.0. The molecule has 7 heteroatoms. The van der Waals surface area contributed by atoms with Crippen LogP contribution in [0.15, 0.2) is 65.8 Å². The Bertz CT molecular complexity index is 1640. The highest BCUT2D eigenvalue weighted by Gasteiger charge is 2.27. The second-order valence-corrected chi connectivity index (χ2v) is 10.4. The van der Waals surface area contributed by atoms with Gasteiger partial charge in [0.15, 0.2) is 5.65 Å². The van der Waals surface area contributed by atoms with Crippen molar-refractivity contribution in [2.24, 2.45) is 7.05 Å². The fourth-order valence-electron chi connectivity index (χ4n) is 4.39. The van der Waals surface area contributed by atoms with Crippen LogP contribution >= 0.6 is 0 Å². The van der Waals surface area contributed by atoms with Gasteiger partial charge in [-0.25, -0.2) is 17.4 Å². The lowest BCUT2D eigenvalue weighted by atomic mass is 10.0. The summed E-state index contributed by atoms with van der Waals surface area (Å²) >= 11 is 0. The molecular weight excluding hydrogens is 432 g/mol. The van der Waals surface area contributed by atoms with E-state index in [0.717, 1.165) is 38.7 Å². The van der Waals surface area contributed by atoms with Crippen molar-refractivity contribution in [3.05, 3.63) is 77.6 Å². The van der Waals surface area contributed by atoms with Crippen LogP contribution in [0.1, 0.15) is 16.7 Å². The first kappa shape index (κ1) is 21.3. The monoisotopic (exact) mass is 458 g/mol. The Morgan fingerprint density at radius 1 is 0.909 bits per heavy atom. The molecule has 168 valence electrons. The summed E-state index contributed by atoms with van der Waals surface area (Å²) in [6, 6.07) is 15.0. The number of benzene rings is 2. The summed E-state index contributed by atoms with van der Waals surface area (Å²) in [4.78, 5) is 4.73. The zero-order valence-electron chi connectivity index (χ0n) is 19.3. The molecule has 0 atom stereocenters. The largest absolute Gasteiger partial charge is 0.387 e. The number of hydrogen-bond donors (Lipinski definition) is 1. The first-order valence-electron chi connectivity index (χ1n) is 10.8. The number of nitrogens with one attached hydrogen (secondary N) is 1. The topological polar surface area (TPSA) is 68.9 Å². The predicted octanol–water partition coefficient (Wildman–Crippen LogP) is 5.40. The Labute approximate surface area is 193 Å². The molecule has 3 aromatic heterocycles. The minimum absolute atomic E-state index is 0.232. The van der Waals surface area contributed by atoms with Gasteiger partial charge in [-0.05, 0) is 68.3 Å². The van der Waals surface area contributed by atoms with Crippen LogP contribution in [0.25, 0.3) is 33.2 Å². The van der Waals surface area contributed by atoms with Gasteiger partial charge in [0, 0.05) is 54.0 Å². The summed E-state index contributed by atoms with van der Waals surface area (Å²) in [6.45, 7) is 6.10. The minimum Gasteiger partial charge on any atom is -0.387 e. The molecule has 2 aromatic carbocycles. The summed E-state index contributed by atoms with van der Waals surface area (Å²) in [7, 11) is -0.0941. The molecule has 1 N–H and O–H groups in total. The zero-order valence-corrected chi connectivity index (χ0v) is 20.2. The molecule has 33 heavy (non-hydrogen) atoms. The van der Waals surface area contributed by atoms with E-state index in [0.29, 0.717) is 11.3 Å². The number of fused-ring (bicyclic) bond motifs is 2. The molecule has 5 rings (SSSR count). The SMILES string of the molecule is CNc1ccnc2c1cc(-c1cn(C)c3cc(C)c(C)cc13)n2S(=O)(=O)c1ccc(C)cc1. The third kappa shape index (κ3) is 3.23. The van der Waals surface area contributed by atoms with Gasteiger partial charge in [-0.1, -0.05) is 17.7 Å². The summed E-state index contributed by atoms with van der Waals surface area (Å²) in [5.41, 5.74) is 7.09. The fraction of sp³-hybridized carbons (Fsp3) is 0.192. The van der Waals surface area contributed by atoms with E-state index in [1.165, 1.54) is 9.54 Å². The van der Waals surface area contributed by atoms with Crippen LogP contribution in [0, 0.1) is 20.8 Å². The van der Waals surface area contributed by atoms with Crippen molar-refractivity contribution < 1.29 is 8.42 Å². The Balaban J connectivity index is 1.91. The van der Waals surface area contributed by atoms with Gasteiger partial charge in [-0.15, -0.1) is 0 Å². The standard InChI is InChI=1S/C26H26N4O2S/c1-16-6-8-19(9-7-16)33(31,32)30-25(14-21-23(27-4)10-11-28-26(21)30)22-15-29(5)24-13-18(3)17(2)12-20(22)24/h6-15H,1-5H3,(H,27,28). The average molecular weight is 459 g/mol. The van der Waals surface area contributed by atoms with Gasteiger partial charge in [0.2, 0.25) is 0 Å². The van der Waals surface area contributed by atoms with Gasteiger partial charge in [-0.2, -0.15) is 0 Å². The number of hydrogen-bond acceptors (Lipinski definition) is 4. The molecule has 0 unspecified atom stereocenters. The molecule has 0 saturated heterocycles. The van der Waals surface area contributed by atoms with E-state index in [1.54, 1.807) is 18.3 Å². The van der Waals surface area contributed by atoms with Gasteiger partial charge < -0.3 is 9.88 Å². The fourth-order valence-corrected chi connectivity index (χ4v) is 5.86. The van der Waals surface area contributed by atoms with Gasteiger partial charge in [0.05, 0.1) is 10.6 Å². The number of rotatable bonds is 4. The van der Waals surface area contributed by atoms with E-state index in [9.17, 15) is 8.42 Å². The lowest BCUT2D eigenvalue weighted by molar-refractivity contribution is 0.589. The second kappa shape index (κ2) is 7.49. The lowest BCUT2D eigenvalue weighted by Gasteiger charge is -2.12. The Morgan fingerprint density at radius 3 is 2.30 bits per heavy atom. The van der Waals surface area contributed by atoms with Crippen molar-refractivity contribution in [2.45, 2.75) is 25.7 Å². The normalized spacial score (nSPS) is 12.0. The molecule has 0 amide bonds. The Morgan fingerprint density at radius 2 is 1.61 bits per heavy atom. The van der Waals surface area contributed by atoms with Crippen molar-refractivity contribution in [1.82, 2.24) is 13.5 Å². The van der Waals surface area contributed by atoms with Crippen LogP contribution in [0.5, 0.6) is 0 Å². The average Bonchev–Trinajstić information content (AvgIpc) is 3.33. The van der Waals surface area contributed by atoms with E-state index in [2.05, 4.69) is 36.3 Å². The summed E-state index contributed by atoms with van der Waals surface area (Å²) in [5.74, 6) is 0. The predicted molar refractivity (Wildman–Crippen MR) is 134 cm³/mol. The summed E-state index contributed by atoms with van der Waals surface area (Å²) < 4.78 is 31.4. The third-order valence-corrected chi connectivity index (χ3v) is 8.09. The molecule has 0 radical (unpaired) electrons. The maximum atomic E-state index is 14.0. The molecule has 6 nitrogen and oxygen atoms in total. The highest BCUT2D eigenvalue weighted by Crippen LogP contribution is 2.38. The molecule has 0 aliphatic carbocycles. The number of anilines is 1. The zero-order chi connectivity index (χ0) is 23.5. The molecule has 5 aromatic rings. The number of aromatic nitrogens is 3. The molecule has 0 aliphatic heterocycles. The van der Waals surface area contributed by atoms with Crippen LogP contribution in [0.2, 0.25) is 0 Å². The molecule has 0 fully saturated rings. The molecule has 0 saturated carbocycles. The number of pyridine rings is 1. The Hall–Kier alpha value is -3.58. The molecule has 3 heterocycles. The molecule has 0 spiro atoms. The minimum atomic E-state index is -3.90. The highest BCUT2D eigenvalue weighted by atomic mass is 32.2. The Kier molecular flexibility index (Phi) is 4.83. The van der Waals surface area contributed by atoms with Gasteiger partial charge in [0.1, 0.15) is 0 Å². The van der Waals surface area contributed by atoms with Gasteiger partial charge >= 0.3 is 0 Å². The highest BCUT2D eigenvalue weighted by molar-refractivity contribution is 7.90. The van der Waals surface area contributed by atoms with E-state index in [4.69, 9.17) is 0 Å². The maximum Gasteiger partial charge on any atom is 0.269 e. The van der Waals surface area contributed by atoms with Crippen molar-refractivity contribution in [3.8, 4) is 11.3 Å². The van der Waals surface area contributed by atoms with Crippen LogP contribution in [-0.2, 0) is 17.1 Å². The first-order chi connectivity index (χ1) is 15.7. The van der Waals surface area contributed by atoms with Crippen LogP contribution in [0.4, 0.5) is 5.69 Å². The quantitative estimate of drug-likeness (QED) is 0.392. The van der Waals surface area contributed by atoms with Crippen molar-refractivity contribution in [2.75, 3.05) is 12.4 Å². The number of aryl methyl sites for hydroxylation is 4. The van der Waals surface area contributed by atoms with E-state index in [1.807, 2.05) is 56.0 Å². The molecular formula is C26H26N4O2S. The summed E-state index contributed by atoms with van der Waals surface area (Å²) in [5, 5.41) is 4.93. The van der Waals surface area contributed by atoms with Crippen molar-refractivity contribution in [3.63, 3.8) is 0 Å². The van der Waals surface area contributed by atoms with E-state index < -0.39 is 10.0 Å². The van der Waals surface area contributed by atoms with Crippen LogP contribution < -0.4 is 5.32 Å². The molecule has 0 aliphatic rings. The summed E-state index contributed by atoms with van der Waals surface area (Å²) in [6.07, 6.45) is 3.63. The van der Waals surface area contributed by atoms with Crippen LogP contribution in [0.3, 0.4) is 0 Å². The first-order valence-corrected chi connectivity index (χ1v) is 12.2. The lowest BCUT2D eigenvalue weighted by Crippen LogP contribution is -2.14.